The van der Waals surface area contributed by atoms with Crippen molar-refractivity contribution in [2.45, 2.75) is 46.1 Å². The predicted molar refractivity (Wildman–Crippen MR) is 62.4 cm³/mol. The van der Waals surface area contributed by atoms with Crippen molar-refractivity contribution in [3.05, 3.63) is 34.9 Å². The van der Waals surface area contributed by atoms with E-state index in [1.165, 1.54) is 16.7 Å². The van der Waals surface area contributed by atoms with E-state index in [9.17, 15) is 0 Å². The van der Waals surface area contributed by atoms with Crippen LogP contribution in [0.3, 0.4) is 0 Å². The van der Waals surface area contributed by atoms with Crippen molar-refractivity contribution >= 4 is 0 Å². The minimum Gasteiger partial charge on any atom is -0.322 e. The van der Waals surface area contributed by atoms with Crippen molar-refractivity contribution in [1.82, 2.24) is 0 Å². The highest BCUT2D eigenvalue weighted by atomic mass is 14.7. The van der Waals surface area contributed by atoms with Gasteiger partial charge in [0.1, 0.15) is 0 Å². The first-order valence-corrected chi connectivity index (χ1v) is 5.40. The summed E-state index contributed by atoms with van der Waals surface area (Å²) in [5, 5.41) is 0. The molecule has 0 aromatic heterocycles. The maximum absolute atomic E-state index is 6.07. The van der Waals surface area contributed by atoms with E-state index >= 15 is 0 Å². The lowest BCUT2D eigenvalue weighted by Gasteiger charge is -2.21. The summed E-state index contributed by atoms with van der Waals surface area (Å²) >= 11 is 0. The second kappa shape index (κ2) is 4.14. The van der Waals surface area contributed by atoms with Crippen molar-refractivity contribution < 1.29 is 0 Å². The van der Waals surface area contributed by atoms with Gasteiger partial charge >= 0.3 is 0 Å². The number of benzene rings is 1. The van der Waals surface area contributed by atoms with Crippen LogP contribution >= 0.6 is 0 Å². The summed E-state index contributed by atoms with van der Waals surface area (Å²) in [5.74, 6) is 0. The number of aryl methyl sites for hydroxylation is 2. The van der Waals surface area contributed by atoms with Gasteiger partial charge in [-0.2, -0.15) is 0 Å². The lowest BCUT2D eigenvalue weighted by molar-refractivity contribution is 0.553. The van der Waals surface area contributed by atoms with Gasteiger partial charge in [0.15, 0.2) is 0 Å². The molecule has 0 aliphatic rings. The molecular weight excluding hydrogens is 170 g/mol. The van der Waals surface area contributed by atoms with Crippen molar-refractivity contribution in [2.24, 2.45) is 5.73 Å². The van der Waals surface area contributed by atoms with Crippen molar-refractivity contribution in [2.75, 3.05) is 0 Å². The van der Waals surface area contributed by atoms with E-state index in [1.54, 1.807) is 0 Å². The van der Waals surface area contributed by atoms with Crippen LogP contribution in [-0.4, -0.2) is 0 Å². The zero-order valence-corrected chi connectivity index (χ0v) is 9.72. The first-order valence-electron chi connectivity index (χ1n) is 5.40. The second-order valence-electron chi connectivity index (χ2n) is 4.41. The van der Waals surface area contributed by atoms with Crippen LogP contribution in [0.4, 0.5) is 0 Å². The Bertz CT molecular complexity index is 308. The molecule has 0 fully saturated rings. The molecule has 0 bridgehead atoms. The molecule has 0 aliphatic carbocycles. The summed E-state index contributed by atoms with van der Waals surface area (Å²) in [7, 11) is 0. The highest BCUT2D eigenvalue weighted by Crippen LogP contribution is 2.21. The van der Waals surface area contributed by atoms with Crippen LogP contribution < -0.4 is 5.73 Å². The molecule has 14 heavy (non-hydrogen) atoms. The van der Waals surface area contributed by atoms with E-state index < -0.39 is 0 Å². The first-order chi connectivity index (χ1) is 6.49. The van der Waals surface area contributed by atoms with Gasteiger partial charge in [-0.15, -0.1) is 0 Å². The number of rotatable bonds is 3. The summed E-state index contributed by atoms with van der Waals surface area (Å²) < 4.78 is 0. The molecule has 1 heteroatoms. The predicted octanol–water partition coefficient (Wildman–Crippen LogP) is 3.01. The summed E-state index contributed by atoms with van der Waals surface area (Å²) in [6.07, 6.45) is 2.20. The molecule has 0 radical (unpaired) electrons. The standard InChI is InChI=1S/C13H21N/c1-5-10-7-8-12(13(3,4)14)9-11(10)6-2/h7-9H,5-6,14H2,1-4H3. The van der Waals surface area contributed by atoms with E-state index in [2.05, 4.69) is 32.0 Å². The van der Waals surface area contributed by atoms with Crippen molar-refractivity contribution in [1.29, 1.82) is 0 Å². The van der Waals surface area contributed by atoms with Crippen LogP contribution in [0.15, 0.2) is 18.2 Å². The van der Waals surface area contributed by atoms with Gasteiger partial charge in [-0.1, -0.05) is 32.0 Å². The van der Waals surface area contributed by atoms with Gasteiger partial charge in [-0.05, 0) is 43.4 Å². The molecule has 1 rings (SSSR count). The fourth-order valence-electron chi connectivity index (χ4n) is 1.70. The maximum Gasteiger partial charge on any atom is 0.0352 e. The average molecular weight is 191 g/mol. The topological polar surface area (TPSA) is 26.0 Å². The summed E-state index contributed by atoms with van der Waals surface area (Å²) in [6.45, 7) is 8.49. The van der Waals surface area contributed by atoms with Gasteiger partial charge in [-0.3, -0.25) is 0 Å². The molecule has 0 amide bonds. The van der Waals surface area contributed by atoms with E-state index in [1.807, 2.05) is 13.8 Å². The highest BCUT2D eigenvalue weighted by Gasteiger charge is 2.14. The fourth-order valence-corrected chi connectivity index (χ4v) is 1.70. The van der Waals surface area contributed by atoms with Gasteiger partial charge in [0, 0.05) is 5.54 Å². The molecule has 1 nitrogen and oxygen atoms in total. The largest absolute Gasteiger partial charge is 0.322 e. The van der Waals surface area contributed by atoms with E-state index in [4.69, 9.17) is 5.73 Å². The minimum atomic E-state index is -0.226. The van der Waals surface area contributed by atoms with Crippen LogP contribution in [0.1, 0.15) is 44.4 Å². The van der Waals surface area contributed by atoms with Crippen LogP contribution in [0.5, 0.6) is 0 Å². The third kappa shape index (κ3) is 2.36. The molecule has 0 unspecified atom stereocenters. The molecule has 0 atom stereocenters. The lowest BCUT2D eigenvalue weighted by Crippen LogP contribution is -2.28. The van der Waals surface area contributed by atoms with Gasteiger partial charge in [-0.25, -0.2) is 0 Å². The Morgan fingerprint density at radius 3 is 2.07 bits per heavy atom. The van der Waals surface area contributed by atoms with E-state index in [0.717, 1.165) is 12.8 Å². The first kappa shape index (κ1) is 11.3. The molecule has 78 valence electrons. The molecule has 1 aromatic rings. The Morgan fingerprint density at radius 2 is 1.64 bits per heavy atom. The second-order valence-corrected chi connectivity index (χ2v) is 4.41. The Labute approximate surface area is 87.3 Å². The molecule has 2 N–H and O–H groups in total. The summed E-state index contributed by atoms with van der Waals surface area (Å²) in [4.78, 5) is 0. The van der Waals surface area contributed by atoms with Gasteiger partial charge < -0.3 is 5.73 Å². The zero-order valence-electron chi connectivity index (χ0n) is 9.72. The number of hydrogen-bond donors (Lipinski definition) is 1. The molecule has 0 spiro atoms. The Kier molecular flexibility index (Phi) is 3.33. The normalized spacial score (nSPS) is 11.8. The number of hydrogen-bond acceptors (Lipinski definition) is 1. The van der Waals surface area contributed by atoms with Crippen LogP contribution in [0.25, 0.3) is 0 Å². The molecule has 1 aromatic carbocycles. The average Bonchev–Trinajstić information content (AvgIpc) is 2.15. The Hall–Kier alpha value is -0.820. The molecule has 0 aliphatic heterocycles. The van der Waals surface area contributed by atoms with Gasteiger partial charge in [0.05, 0.1) is 0 Å². The summed E-state index contributed by atoms with van der Waals surface area (Å²) in [6, 6.07) is 6.61. The van der Waals surface area contributed by atoms with Crippen LogP contribution in [-0.2, 0) is 18.4 Å². The Morgan fingerprint density at radius 1 is 1.07 bits per heavy atom. The molecule has 0 saturated heterocycles. The highest BCUT2D eigenvalue weighted by molar-refractivity contribution is 5.35. The quantitative estimate of drug-likeness (QED) is 0.781. The SMILES string of the molecule is CCc1ccc(C(C)(C)N)cc1CC. The minimum absolute atomic E-state index is 0.226. The fraction of sp³-hybridized carbons (Fsp3) is 0.538. The van der Waals surface area contributed by atoms with Gasteiger partial charge in [0.2, 0.25) is 0 Å². The van der Waals surface area contributed by atoms with Crippen molar-refractivity contribution in [3.8, 4) is 0 Å². The number of nitrogens with two attached hydrogens (primary N) is 1. The molecule has 0 saturated carbocycles. The zero-order chi connectivity index (χ0) is 10.8. The van der Waals surface area contributed by atoms with Gasteiger partial charge in [0.25, 0.3) is 0 Å². The Balaban J connectivity index is 3.14. The van der Waals surface area contributed by atoms with E-state index in [-0.39, 0.29) is 5.54 Å². The molecular formula is C13H21N. The smallest absolute Gasteiger partial charge is 0.0352 e. The van der Waals surface area contributed by atoms with E-state index in [0.29, 0.717) is 0 Å². The maximum atomic E-state index is 6.07. The summed E-state index contributed by atoms with van der Waals surface area (Å²) in [5.41, 5.74) is 9.95. The lowest BCUT2D eigenvalue weighted by atomic mass is 9.91. The van der Waals surface area contributed by atoms with Crippen LogP contribution in [0, 0.1) is 0 Å². The van der Waals surface area contributed by atoms with Crippen LogP contribution in [0.2, 0.25) is 0 Å². The third-order valence-electron chi connectivity index (χ3n) is 2.71. The third-order valence-corrected chi connectivity index (χ3v) is 2.71. The monoisotopic (exact) mass is 191 g/mol. The molecule has 0 heterocycles. The van der Waals surface area contributed by atoms with Crippen molar-refractivity contribution in [3.63, 3.8) is 0 Å².